The van der Waals surface area contributed by atoms with Gasteiger partial charge in [-0.1, -0.05) is 60.7 Å². The molecule has 4 aromatic carbocycles. The number of non-ortho nitro benzene ring substituents is 1. The maximum atomic E-state index is 13.2. The largest absolute Gasteiger partial charge is 0.490 e. The molecule has 0 aliphatic carbocycles. The molecule has 1 amide bonds. The molecular weight excluding hydrogens is 514 g/mol. The standard InChI is InChI=1S/C30H25N3O7/c1-2-39-27-19-21(13-18-26(27)40-28(34)22-14-16-25(17-15-22)33(37)38)20-31-32-29(35)30(36,23-9-5-3-6-10-23)24-11-7-4-8-12-24/h3-20,36H,2H2,1H3,(H,32,35). The Morgan fingerprint density at radius 3 is 2.08 bits per heavy atom. The minimum absolute atomic E-state index is 0.130. The number of aliphatic hydroxyl groups is 1. The van der Waals surface area contributed by atoms with Crippen LogP contribution in [0.2, 0.25) is 0 Å². The molecule has 2 N–H and O–H groups in total. The summed E-state index contributed by atoms with van der Waals surface area (Å²) < 4.78 is 11.1. The highest BCUT2D eigenvalue weighted by atomic mass is 16.6. The summed E-state index contributed by atoms with van der Waals surface area (Å²) in [7, 11) is 0. The molecule has 0 saturated heterocycles. The van der Waals surface area contributed by atoms with Crippen LogP contribution in [0.1, 0.15) is 34.0 Å². The van der Waals surface area contributed by atoms with Crippen molar-refractivity contribution in [3.05, 3.63) is 135 Å². The van der Waals surface area contributed by atoms with Crippen LogP contribution in [0.5, 0.6) is 11.5 Å². The Morgan fingerprint density at radius 1 is 0.925 bits per heavy atom. The summed E-state index contributed by atoms with van der Waals surface area (Å²) in [5.74, 6) is -1.09. The van der Waals surface area contributed by atoms with Crippen LogP contribution in [0.4, 0.5) is 5.69 Å². The maximum absolute atomic E-state index is 13.2. The lowest BCUT2D eigenvalue weighted by Crippen LogP contribution is -2.43. The third kappa shape index (κ3) is 6.20. The molecule has 4 aromatic rings. The van der Waals surface area contributed by atoms with Gasteiger partial charge in [0, 0.05) is 12.1 Å². The van der Waals surface area contributed by atoms with Crippen LogP contribution in [-0.2, 0) is 10.4 Å². The van der Waals surface area contributed by atoms with Crippen LogP contribution in [-0.4, -0.2) is 34.7 Å². The van der Waals surface area contributed by atoms with Gasteiger partial charge in [-0.15, -0.1) is 0 Å². The van der Waals surface area contributed by atoms with Gasteiger partial charge in [0.15, 0.2) is 17.1 Å². The Kier molecular flexibility index (Phi) is 8.62. The summed E-state index contributed by atoms with van der Waals surface area (Å²) in [5.41, 5.74) is 1.69. The van der Waals surface area contributed by atoms with Crippen molar-refractivity contribution in [2.24, 2.45) is 5.10 Å². The lowest BCUT2D eigenvalue weighted by Gasteiger charge is -2.27. The highest BCUT2D eigenvalue weighted by molar-refractivity contribution is 5.92. The number of nitro benzene ring substituents is 1. The molecule has 0 heterocycles. The van der Waals surface area contributed by atoms with Crippen molar-refractivity contribution in [2.45, 2.75) is 12.5 Å². The molecule has 0 saturated carbocycles. The van der Waals surface area contributed by atoms with E-state index in [-0.39, 0.29) is 29.4 Å². The SMILES string of the molecule is CCOc1cc(C=NNC(=O)C(O)(c2ccccc2)c2ccccc2)ccc1OC(=O)c1ccc([N+](=O)[O-])cc1. The monoisotopic (exact) mass is 539 g/mol. The number of nitrogens with zero attached hydrogens (tertiary/aromatic N) is 2. The lowest BCUT2D eigenvalue weighted by molar-refractivity contribution is -0.384. The van der Waals surface area contributed by atoms with Gasteiger partial charge in [0.05, 0.1) is 23.3 Å². The predicted molar refractivity (Wildman–Crippen MR) is 147 cm³/mol. The molecule has 0 spiro atoms. The highest BCUT2D eigenvalue weighted by Crippen LogP contribution is 2.31. The van der Waals surface area contributed by atoms with Gasteiger partial charge < -0.3 is 14.6 Å². The first-order valence-electron chi connectivity index (χ1n) is 12.2. The molecule has 0 fully saturated rings. The second-order valence-electron chi connectivity index (χ2n) is 8.47. The zero-order valence-corrected chi connectivity index (χ0v) is 21.4. The van der Waals surface area contributed by atoms with E-state index >= 15 is 0 Å². The van der Waals surface area contributed by atoms with Gasteiger partial charge in [0.1, 0.15) is 0 Å². The van der Waals surface area contributed by atoms with E-state index < -0.39 is 22.4 Å². The van der Waals surface area contributed by atoms with E-state index in [4.69, 9.17) is 9.47 Å². The topological polar surface area (TPSA) is 140 Å². The highest BCUT2D eigenvalue weighted by Gasteiger charge is 2.39. The number of benzene rings is 4. The van der Waals surface area contributed by atoms with Gasteiger partial charge in [0.25, 0.3) is 11.6 Å². The first kappa shape index (κ1) is 27.7. The van der Waals surface area contributed by atoms with Crippen molar-refractivity contribution in [3.8, 4) is 11.5 Å². The molecule has 0 atom stereocenters. The number of ether oxygens (including phenoxy) is 2. The van der Waals surface area contributed by atoms with Crippen molar-refractivity contribution in [2.75, 3.05) is 6.61 Å². The fourth-order valence-electron chi connectivity index (χ4n) is 3.87. The Bertz CT molecular complexity index is 1480. The lowest BCUT2D eigenvalue weighted by atomic mass is 9.85. The third-order valence-corrected chi connectivity index (χ3v) is 5.88. The Balaban J connectivity index is 1.51. The number of esters is 1. The van der Waals surface area contributed by atoms with Crippen molar-refractivity contribution in [1.82, 2.24) is 5.43 Å². The number of amides is 1. The summed E-state index contributed by atoms with van der Waals surface area (Å²) in [4.78, 5) is 36.0. The molecule has 0 aliphatic heterocycles. The number of rotatable bonds is 10. The second kappa shape index (κ2) is 12.5. The molecule has 202 valence electrons. The van der Waals surface area contributed by atoms with Gasteiger partial charge in [-0.05, 0) is 53.9 Å². The summed E-state index contributed by atoms with van der Waals surface area (Å²) in [6, 6.07) is 26.8. The van der Waals surface area contributed by atoms with Crippen LogP contribution in [0, 0.1) is 10.1 Å². The molecule has 10 heteroatoms. The van der Waals surface area contributed by atoms with E-state index in [1.54, 1.807) is 79.7 Å². The zero-order valence-electron chi connectivity index (χ0n) is 21.4. The second-order valence-corrected chi connectivity index (χ2v) is 8.47. The van der Waals surface area contributed by atoms with E-state index in [1.165, 1.54) is 36.5 Å². The number of nitrogens with one attached hydrogen (secondary N) is 1. The minimum Gasteiger partial charge on any atom is -0.490 e. The Hall–Kier alpha value is -5.35. The van der Waals surface area contributed by atoms with E-state index in [0.717, 1.165) is 0 Å². The minimum atomic E-state index is -1.98. The number of carbonyl (C=O) groups excluding carboxylic acids is 2. The molecule has 0 unspecified atom stereocenters. The number of hydrogen-bond acceptors (Lipinski definition) is 8. The van der Waals surface area contributed by atoms with E-state index in [0.29, 0.717) is 16.7 Å². The number of hydrazone groups is 1. The van der Waals surface area contributed by atoms with Crippen LogP contribution in [0.3, 0.4) is 0 Å². The maximum Gasteiger partial charge on any atom is 0.343 e. The first-order valence-corrected chi connectivity index (χ1v) is 12.2. The van der Waals surface area contributed by atoms with Gasteiger partial charge in [-0.3, -0.25) is 14.9 Å². The van der Waals surface area contributed by atoms with Gasteiger partial charge >= 0.3 is 5.97 Å². The third-order valence-electron chi connectivity index (χ3n) is 5.88. The van der Waals surface area contributed by atoms with Crippen LogP contribution in [0.25, 0.3) is 0 Å². The molecule has 0 aliphatic rings. The van der Waals surface area contributed by atoms with Crippen LogP contribution in [0.15, 0.2) is 108 Å². The molecule has 0 aromatic heterocycles. The van der Waals surface area contributed by atoms with Crippen molar-refractivity contribution >= 4 is 23.8 Å². The molecule has 40 heavy (non-hydrogen) atoms. The number of nitro groups is 1. The predicted octanol–water partition coefficient (Wildman–Crippen LogP) is 4.60. The quantitative estimate of drug-likeness (QED) is 0.0987. The average molecular weight is 540 g/mol. The van der Waals surface area contributed by atoms with E-state index in [9.17, 15) is 24.8 Å². The molecular formula is C30H25N3O7. The fourth-order valence-corrected chi connectivity index (χ4v) is 3.87. The van der Waals surface area contributed by atoms with Gasteiger partial charge in [-0.25, -0.2) is 10.2 Å². The zero-order chi connectivity index (χ0) is 28.5. The molecule has 0 radical (unpaired) electrons. The van der Waals surface area contributed by atoms with E-state index in [1.807, 2.05) is 0 Å². The van der Waals surface area contributed by atoms with Crippen molar-refractivity contribution in [1.29, 1.82) is 0 Å². The summed E-state index contributed by atoms with van der Waals surface area (Å²) in [5, 5.41) is 26.4. The van der Waals surface area contributed by atoms with Crippen LogP contribution < -0.4 is 14.9 Å². The molecule has 10 nitrogen and oxygen atoms in total. The van der Waals surface area contributed by atoms with Gasteiger partial charge in [-0.2, -0.15) is 5.10 Å². The Labute approximate surface area is 229 Å². The molecule has 0 bridgehead atoms. The first-order chi connectivity index (χ1) is 19.3. The van der Waals surface area contributed by atoms with Crippen LogP contribution >= 0.6 is 0 Å². The summed E-state index contributed by atoms with van der Waals surface area (Å²) in [6.07, 6.45) is 1.36. The fraction of sp³-hybridized carbons (Fsp3) is 0.100. The Morgan fingerprint density at radius 2 is 1.52 bits per heavy atom. The molecule has 4 rings (SSSR count). The summed E-state index contributed by atoms with van der Waals surface area (Å²) in [6.45, 7) is 2.04. The normalized spacial score (nSPS) is 11.2. The van der Waals surface area contributed by atoms with Crippen molar-refractivity contribution < 1.29 is 29.1 Å². The smallest absolute Gasteiger partial charge is 0.343 e. The number of hydrogen-bond donors (Lipinski definition) is 2. The summed E-state index contributed by atoms with van der Waals surface area (Å²) >= 11 is 0. The van der Waals surface area contributed by atoms with E-state index in [2.05, 4.69) is 10.5 Å². The van der Waals surface area contributed by atoms with Crippen molar-refractivity contribution in [3.63, 3.8) is 0 Å². The van der Waals surface area contributed by atoms with Gasteiger partial charge in [0.2, 0.25) is 0 Å². The number of carbonyl (C=O) groups is 2. The average Bonchev–Trinajstić information content (AvgIpc) is 2.99.